The predicted molar refractivity (Wildman–Crippen MR) is 137 cm³/mol. The number of amides is 2. The molecule has 0 fully saturated rings. The quantitative estimate of drug-likeness (QED) is 0.280. The topological polar surface area (TPSA) is 75.2 Å². The number of hydrogen-bond acceptors (Lipinski definition) is 5. The lowest BCUT2D eigenvalue weighted by atomic mass is 10.1. The van der Waals surface area contributed by atoms with Gasteiger partial charge in [0.2, 0.25) is 16.9 Å². The van der Waals surface area contributed by atoms with Crippen LogP contribution in [0.3, 0.4) is 0 Å². The van der Waals surface area contributed by atoms with Gasteiger partial charge in [0.15, 0.2) is 0 Å². The third-order valence-electron chi connectivity index (χ3n) is 5.16. The summed E-state index contributed by atoms with van der Waals surface area (Å²) < 4.78 is 0.957. The van der Waals surface area contributed by atoms with Crippen molar-refractivity contribution < 1.29 is 9.59 Å². The molecule has 3 aromatic rings. The van der Waals surface area contributed by atoms with E-state index in [9.17, 15) is 9.59 Å². The fraction of sp³-hybridized carbons (Fsp3) is 0.360. The Morgan fingerprint density at radius 3 is 2.58 bits per heavy atom. The number of benzene rings is 2. The molecule has 6 nitrogen and oxygen atoms in total. The molecule has 0 aliphatic rings. The van der Waals surface area contributed by atoms with Crippen LogP contribution in [-0.2, 0) is 16.1 Å². The van der Waals surface area contributed by atoms with Crippen molar-refractivity contribution in [1.82, 2.24) is 15.1 Å². The van der Waals surface area contributed by atoms with Gasteiger partial charge >= 0.3 is 0 Å². The van der Waals surface area contributed by atoms with Crippen molar-refractivity contribution in [1.29, 1.82) is 0 Å². The van der Waals surface area contributed by atoms with Crippen LogP contribution in [0.5, 0.6) is 0 Å². The molecule has 1 aromatic heterocycles. The zero-order chi connectivity index (χ0) is 23.5. The van der Waals surface area contributed by atoms with Gasteiger partial charge in [0.1, 0.15) is 5.01 Å². The normalized spacial score (nSPS) is 10.7. The van der Waals surface area contributed by atoms with Crippen LogP contribution >= 0.6 is 27.3 Å². The van der Waals surface area contributed by atoms with Crippen molar-refractivity contribution in [2.75, 3.05) is 11.9 Å². The number of unbranched alkanes of at least 4 members (excludes halogenated alkanes) is 3. The van der Waals surface area contributed by atoms with Crippen molar-refractivity contribution in [2.24, 2.45) is 0 Å². The lowest BCUT2D eigenvalue weighted by Gasteiger charge is -2.23. The highest BCUT2D eigenvalue weighted by molar-refractivity contribution is 9.10. The number of halogens is 1. The van der Waals surface area contributed by atoms with E-state index in [1.807, 2.05) is 54.6 Å². The van der Waals surface area contributed by atoms with Gasteiger partial charge in [0.05, 0.1) is 0 Å². The molecular weight excluding hydrogens is 500 g/mol. The molecule has 2 amide bonds. The number of hydrogen-bond donors (Lipinski definition) is 1. The number of nitrogens with one attached hydrogen (secondary N) is 1. The first-order valence-electron chi connectivity index (χ1n) is 11.3. The molecule has 1 heterocycles. The summed E-state index contributed by atoms with van der Waals surface area (Å²) in [6.45, 7) is 3.03. The summed E-state index contributed by atoms with van der Waals surface area (Å²) in [6, 6.07) is 17.7. The maximum Gasteiger partial charge on any atom is 0.227 e. The summed E-state index contributed by atoms with van der Waals surface area (Å²) in [5.41, 5.74) is 1.99. The minimum absolute atomic E-state index is 0.0932. The summed E-state index contributed by atoms with van der Waals surface area (Å²) in [7, 11) is 0. The van der Waals surface area contributed by atoms with Gasteiger partial charge in [-0.2, -0.15) is 0 Å². The largest absolute Gasteiger partial charge is 0.338 e. The Hall–Kier alpha value is -2.58. The Kier molecular flexibility index (Phi) is 10.0. The van der Waals surface area contributed by atoms with Crippen LogP contribution in [0.1, 0.15) is 51.0 Å². The molecule has 0 atom stereocenters. The molecule has 33 heavy (non-hydrogen) atoms. The van der Waals surface area contributed by atoms with Crippen LogP contribution in [0.25, 0.3) is 10.6 Å². The van der Waals surface area contributed by atoms with Gasteiger partial charge in [-0.15, -0.1) is 10.2 Å². The Bertz CT molecular complexity index is 1040. The molecule has 0 radical (unpaired) electrons. The SMILES string of the molecule is CCCCCCC(=O)N(CCC(=O)Nc1nnc(-c2cccc(Br)c2)s1)Cc1ccccc1. The zero-order valence-corrected chi connectivity index (χ0v) is 21.2. The average Bonchev–Trinajstić information content (AvgIpc) is 3.28. The Labute approximate surface area is 207 Å². The summed E-state index contributed by atoms with van der Waals surface area (Å²) >= 11 is 4.78. The number of rotatable bonds is 12. The molecule has 1 N–H and O–H groups in total. The molecule has 0 aliphatic carbocycles. The monoisotopic (exact) mass is 528 g/mol. The standard InChI is InChI=1S/C25H29BrN4O2S/c1-2-3-4-8-14-23(32)30(18-19-10-6-5-7-11-19)16-15-22(31)27-25-29-28-24(33-25)20-12-9-13-21(26)17-20/h5-7,9-13,17H,2-4,8,14-16,18H2,1H3,(H,27,29,31). The van der Waals surface area contributed by atoms with Gasteiger partial charge < -0.3 is 10.2 Å². The Balaban J connectivity index is 1.56. The van der Waals surface area contributed by atoms with Crippen LogP contribution in [-0.4, -0.2) is 33.5 Å². The van der Waals surface area contributed by atoms with E-state index in [0.29, 0.717) is 24.6 Å². The molecule has 0 bridgehead atoms. The highest BCUT2D eigenvalue weighted by Gasteiger charge is 2.16. The lowest BCUT2D eigenvalue weighted by Crippen LogP contribution is -2.33. The molecule has 0 saturated heterocycles. The second-order valence-corrected chi connectivity index (χ2v) is 9.73. The fourth-order valence-electron chi connectivity index (χ4n) is 3.39. The third-order valence-corrected chi connectivity index (χ3v) is 6.55. The third kappa shape index (κ3) is 8.37. The van der Waals surface area contributed by atoms with E-state index < -0.39 is 0 Å². The van der Waals surface area contributed by atoms with Crippen LogP contribution in [0, 0.1) is 0 Å². The fourth-order valence-corrected chi connectivity index (χ4v) is 4.54. The highest BCUT2D eigenvalue weighted by Crippen LogP contribution is 2.28. The number of carbonyl (C=O) groups excluding carboxylic acids is 2. The smallest absolute Gasteiger partial charge is 0.227 e. The number of nitrogens with zero attached hydrogens (tertiary/aromatic N) is 3. The number of anilines is 1. The molecule has 3 rings (SSSR count). The molecule has 0 spiro atoms. The van der Waals surface area contributed by atoms with Crippen LogP contribution in [0.4, 0.5) is 5.13 Å². The number of carbonyl (C=O) groups is 2. The first kappa shape index (κ1) is 25.1. The first-order chi connectivity index (χ1) is 16.0. The van der Waals surface area contributed by atoms with E-state index in [-0.39, 0.29) is 18.2 Å². The van der Waals surface area contributed by atoms with E-state index in [4.69, 9.17) is 0 Å². The summed E-state index contributed by atoms with van der Waals surface area (Å²) in [5.74, 6) is -0.0839. The summed E-state index contributed by atoms with van der Waals surface area (Å²) in [5, 5.41) is 12.3. The number of aromatic nitrogens is 2. The zero-order valence-electron chi connectivity index (χ0n) is 18.8. The van der Waals surface area contributed by atoms with Gasteiger partial charge in [0.25, 0.3) is 0 Å². The molecule has 174 valence electrons. The highest BCUT2D eigenvalue weighted by atomic mass is 79.9. The van der Waals surface area contributed by atoms with Crippen LogP contribution in [0.15, 0.2) is 59.1 Å². The summed E-state index contributed by atoms with van der Waals surface area (Å²) in [6.07, 6.45) is 4.93. The maximum atomic E-state index is 12.8. The van der Waals surface area contributed by atoms with Gasteiger partial charge in [-0.05, 0) is 24.1 Å². The lowest BCUT2D eigenvalue weighted by molar-refractivity contribution is -0.132. The Morgan fingerprint density at radius 1 is 1.00 bits per heavy atom. The average molecular weight is 530 g/mol. The first-order valence-corrected chi connectivity index (χ1v) is 12.9. The second-order valence-electron chi connectivity index (χ2n) is 7.83. The van der Waals surface area contributed by atoms with Crippen LogP contribution in [0.2, 0.25) is 0 Å². The molecule has 2 aromatic carbocycles. The van der Waals surface area contributed by atoms with E-state index in [0.717, 1.165) is 46.3 Å². The molecule has 0 unspecified atom stereocenters. The van der Waals surface area contributed by atoms with Gasteiger partial charge in [0, 0.05) is 36.0 Å². The summed E-state index contributed by atoms with van der Waals surface area (Å²) in [4.78, 5) is 27.2. The minimum Gasteiger partial charge on any atom is -0.338 e. The van der Waals surface area contributed by atoms with E-state index >= 15 is 0 Å². The van der Waals surface area contributed by atoms with E-state index in [1.54, 1.807) is 4.90 Å². The second kappa shape index (κ2) is 13.2. The van der Waals surface area contributed by atoms with Crippen molar-refractivity contribution in [3.63, 3.8) is 0 Å². The van der Waals surface area contributed by atoms with E-state index in [1.165, 1.54) is 11.3 Å². The van der Waals surface area contributed by atoms with E-state index in [2.05, 4.69) is 38.4 Å². The van der Waals surface area contributed by atoms with Crippen molar-refractivity contribution in [3.05, 3.63) is 64.6 Å². The molecule has 8 heteroatoms. The van der Waals surface area contributed by atoms with Crippen molar-refractivity contribution in [2.45, 2.75) is 52.0 Å². The van der Waals surface area contributed by atoms with Crippen LogP contribution < -0.4 is 5.32 Å². The molecule has 0 aliphatic heterocycles. The van der Waals surface area contributed by atoms with Crippen molar-refractivity contribution >= 4 is 44.2 Å². The van der Waals surface area contributed by atoms with Gasteiger partial charge in [-0.1, -0.05) is 95.9 Å². The Morgan fingerprint density at radius 2 is 1.82 bits per heavy atom. The predicted octanol–water partition coefficient (Wildman–Crippen LogP) is 6.30. The maximum absolute atomic E-state index is 12.8. The molecular formula is C25H29BrN4O2S. The minimum atomic E-state index is -0.177. The molecule has 0 saturated carbocycles. The van der Waals surface area contributed by atoms with Crippen molar-refractivity contribution in [3.8, 4) is 10.6 Å². The van der Waals surface area contributed by atoms with Gasteiger partial charge in [-0.25, -0.2) is 0 Å². The van der Waals surface area contributed by atoms with Gasteiger partial charge in [-0.3, -0.25) is 9.59 Å².